The third-order valence-electron chi connectivity index (χ3n) is 1.86. The van der Waals surface area contributed by atoms with Gasteiger partial charge in [0.2, 0.25) is 6.79 Å². The van der Waals surface area contributed by atoms with Crippen molar-refractivity contribution >= 4 is 13.2 Å². The van der Waals surface area contributed by atoms with E-state index < -0.39 is 7.12 Å². The summed E-state index contributed by atoms with van der Waals surface area (Å²) in [6, 6.07) is 5.37. The van der Waals surface area contributed by atoms with E-state index in [0.29, 0.717) is 11.5 Å². The zero-order valence-electron chi connectivity index (χ0n) is 7.38. The minimum atomic E-state index is -1.43. The van der Waals surface area contributed by atoms with E-state index in [1.165, 1.54) is 5.98 Å². The maximum Gasteiger partial charge on any atom is 0.480 e. The molecule has 0 bridgehead atoms. The summed E-state index contributed by atoms with van der Waals surface area (Å²) in [6.07, 6.45) is 1.60. The summed E-state index contributed by atoms with van der Waals surface area (Å²) < 4.78 is 10.3. The van der Waals surface area contributed by atoms with Crippen molar-refractivity contribution in [3.05, 3.63) is 29.7 Å². The van der Waals surface area contributed by atoms with Crippen LogP contribution in [0.2, 0.25) is 0 Å². The molecular weight excluding hydrogens is 183 g/mol. The third-order valence-corrected chi connectivity index (χ3v) is 1.86. The molecule has 0 spiro atoms. The highest BCUT2D eigenvalue weighted by Crippen LogP contribution is 2.32. The first-order valence-electron chi connectivity index (χ1n) is 4.20. The predicted octanol–water partition coefficient (Wildman–Crippen LogP) is 0.440. The van der Waals surface area contributed by atoms with E-state index in [9.17, 15) is 0 Å². The van der Waals surface area contributed by atoms with Crippen molar-refractivity contribution in [2.45, 2.75) is 0 Å². The van der Waals surface area contributed by atoms with Crippen LogP contribution in [0.1, 0.15) is 5.56 Å². The molecule has 1 aliphatic rings. The average Bonchev–Trinajstić information content (AvgIpc) is 2.61. The van der Waals surface area contributed by atoms with Crippen molar-refractivity contribution in [2.75, 3.05) is 6.79 Å². The molecule has 5 heteroatoms. The molecule has 0 unspecified atom stereocenters. The van der Waals surface area contributed by atoms with E-state index in [1.54, 1.807) is 18.2 Å². The maximum absolute atomic E-state index is 8.62. The molecule has 0 fully saturated rings. The summed E-state index contributed by atoms with van der Waals surface area (Å²) in [7, 11) is -1.43. The van der Waals surface area contributed by atoms with Crippen LogP contribution in [-0.2, 0) is 0 Å². The van der Waals surface area contributed by atoms with Crippen molar-refractivity contribution < 1.29 is 19.5 Å². The van der Waals surface area contributed by atoms with Gasteiger partial charge in [0, 0.05) is 0 Å². The second-order valence-electron chi connectivity index (χ2n) is 2.89. The second-order valence-corrected chi connectivity index (χ2v) is 2.89. The molecule has 2 N–H and O–H groups in total. The van der Waals surface area contributed by atoms with Gasteiger partial charge in [-0.15, -0.1) is 0 Å². The minimum Gasteiger partial charge on any atom is -0.454 e. The lowest BCUT2D eigenvalue weighted by molar-refractivity contribution is 0.174. The van der Waals surface area contributed by atoms with Crippen molar-refractivity contribution in [2.24, 2.45) is 0 Å². The molecule has 0 amide bonds. The van der Waals surface area contributed by atoms with Crippen LogP contribution in [0.25, 0.3) is 6.08 Å². The summed E-state index contributed by atoms with van der Waals surface area (Å²) in [4.78, 5) is 0. The Kier molecular flexibility index (Phi) is 2.43. The highest BCUT2D eigenvalue weighted by molar-refractivity contribution is 6.48. The molecule has 14 heavy (non-hydrogen) atoms. The van der Waals surface area contributed by atoms with Crippen LogP contribution in [0.5, 0.6) is 11.5 Å². The summed E-state index contributed by atoms with van der Waals surface area (Å²) in [5, 5.41) is 17.2. The van der Waals surface area contributed by atoms with Gasteiger partial charge in [0.1, 0.15) is 0 Å². The topological polar surface area (TPSA) is 58.9 Å². The van der Waals surface area contributed by atoms with E-state index in [2.05, 4.69) is 0 Å². The van der Waals surface area contributed by atoms with Crippen LogP contribution in [0.3, 0.4) is 0 Å². The molecule has 1 aliphatic heterocycles. The highest BCUT2D eigenvalue weighted by atomic mass is 16.7. The SMILES string of the molecule is OB(O)C=Cc1ccc2c(c1)OCO2. The first-order chi connectivity index (χ1) is 6.75. The Labute approximate surface area is 81.5 Å². The largest absolute Gasteiger partial charge is 0.480 e. The van der Waals surface area contributed by atoms with E-state index >= 15 is 0 Å². The average molecular weight is 192 g/mol. The van der Waals surface area contributed by atoms with Crippen molar-refractivity contribution in [3.63, 3.8) is 0 Å². The van der Waals surface area contributed by atoms with Crippen LogP contribution in [0.4, 0.5) is 0 Å². The number of benzene rings is 1. The van der Waals surface area contributed by atoms with Gasteiger partial charge in [0.05, 0.1) is 0 Å². The first-order valence-corrected chi connectivity index (χ1v) is 4.20. The molecular formula is C9H9BO4. The van der Waals surface area contributed by atoms with E-state index in [4.69, 9.17) is 19.5 Å². The fourth-order valence-corrected chi connectivity index (χ4v) is 1.21. The molecule has 0 aromatic heterocycles. The van der Waals surface area contributed by atoms with Crippen LogP contribution in [-0.4, -0.2) is 24.0 Å². The lowest BCUT2D eigenvalue weighted by Gasteiger charge is -1.97. The van der Waals surface area contributed by atoms with Gasteiger partial charge in [-0.1, -0.05) is 18.1 Å². The lowest BCUT2D eigenvalue weighted by Crippen LogP contribution is -2.05. The zero-order chi connectivity index (χ0) is 9.97. The van der Waals surface area contributed by atoms with Crippen LogP contribution in [0.15, 0.2) is 24.2 Å². The molecule has 2 rings (SSSR count). The Hall–Kier alpha value is -1.46. The van der Waals surface area contributed by atoms with Gasteiger partial charge in [-0.3, -0.25) is 0 Å². The van der Waals surface area contributed by atoms with Gasteiger partial charge in [-0.05, 0) is 17.7 Å². The molecule has 0 aliphatic carbocycles. The summed E-state index contributed by atoms with van der Waals surface area (Å²) in [5.74, 6) is 2.67. The van der Waals surface area contributed by atoms with Crippen molar-refractivity contribution in [1.82, 2.24) is 0 Å². The van der Waals surface area contributed by atoms with Gasteiger partial charge in [-0.25, -0.2) is 0 Å². The molecule has 0 saturated carbocycles. The zero-order valence-corrected chi connectivity index (χ0v) is 7.38. The minimum absolute atomic E-state index is 0.241. The van der Waals surface area contributed by atoms with Gasteiger partial charge in [0.25, 0.3) is 0 Å². The van der Waals surface area contributed by atoms with Crippen LogP contribution < -0.4 is 9.47 Å². The summed E-state index contributed by atoms with van der Waals surface area (Å²) >= 11 is 0. The van der Waals surface area contributed by atoms with Gasteiger partial charge < -0.3 is 19.5 Å². The van der Waals surface area contributed by atoms with E-state index in [0.717, 1.165) is 5.56 Å². The molecule has 1 heterocycles. The van der Waals surface area contributed by atoms with E-state index in [-0.39, 0.29) is 6.79 Å². The Morgan fingerprint density at radius 1 is 1.21 bits per heavy atom. The van der Waals surface area contributed by atoms with Crippen molar-refractivity contribution in [3.8, 4) is 11.5 Å². The van der Waals surface area contributed by atoms with Gasteiger partial charge in [-0.2, -0.15) is 0 Å². The normalized spacial score (nSPS) is 13.6. The number of hydrogen-bond acceptors (Lipinski definition) is 4. The molecule has 72 valence electrons. The Morgan fingerprint density at radius 2 is 2.00 bits per heavy atom. The number of rotatable bonds is 2. The van der Waals surface area contributed by atoms with E-state index in [1.807, 2.05) is 6.07 Å². The summed E-state index contributed by atoms with van der Waals surface area (Å²) in [5.41, 5.74) is 0.836. The third kappa shape index (κ3) is 1.89. The molecule has 4 nitrogen and oxygen atoms in total. The Balaban J connectivity index is 2.20. The van der Waals surface area contributed by atoms with Gasteiger partial charge in [0.15, 0.2) is 11.5 Å². The molecule has 0 saturated heterocycles. The Bertz CT molecular complexity index is 362. The fourth-order valence-electron chi connectivity index (χ4n) is 1.21. The number of ether oxygens (including phenoxy) is 2. The fraction of sp³-hybridized carbons (Fsp3) is 0.111. The maximum atomic E-state index is 8.62. The quantitative estimate of drug-likeness (QED) is 0.667. The first kappa shape index (κ1) is 9.11. The monoisotopic (exact) mass is 192 g/mol. The molecule has 0 atom stereocenters. The molecule has 0 radical (unpaired) electrons. The second kappa shape index (κ2) is 3.73. The van der Waals surface area contributed by atoms with Gasteiger partial charge >= 0.3 is 7.12 Å². The smallest absolute Gasteiger partial charge is 0.454 e. The number of fused-ring (bicyclic) bond motifs is 1. The van der Waals surface area contributed by atoms with Crippen LogP contribution >= 0.6 is 0 Å². The lowest BCUT2D eigenvalue weighted by atomic mass is 9.91. The highest BCUT2D eigenvalue weighted by Gasteiger charge is 2.12. The molecule has 1 aromatic carbocycles. The standard InChI is InChI=1S/C9H9BO4/c11-10(12)4-3-7-1-2-8-9(5-7)14-6-13-8/h1-5,11-12H,6H2. The number of hydrogen-bond donors (Lipinski definition) is 2. The van der Waals surface area contributed by atoms with Crippen LogP contribution in [0, 0.1) is 0 Å². The molecule has 1 aromatic rings. The summed E-state index contributed by atoms with van der Waals surface area (Å²) in [6.45, 7) is 0.241. The Morgan fingerprint density at radius 3 is 2.79 bits per heavy atom. The predicted molar refractivity (Wildman–Crippen MR) is 51.8 cm³/mol. The van der Waals surface area contributed by atoms with Crippen molar-refractivity contribution in [1.29, 1.82) is 0 Å².